The Morgan fingerprint density at radius 2 is 1.92 bits per heavy atom. The van der Waals surface area contributed by atoms with Crippen LogP contribution in [0.1, 0.15) is 39.2 Å². The number of allylic oxidation sites excluding steroid dienone is 1. The molecule has 24 heavy (non-hydrogen) atoms. The van der Waals surface area contributed by atoms with Crippen molar-refractivity contribution in [1.82, 2.24) is 4.90 Å². The Kier molecular flexibility index (Phi) is 7.60. The lowest BCUT2D eigenvalue weighted by molar-refractivity contribution is -0.0682. The number of methoxy groups -OCH3 is 1. The maximum absolute atomic E-state index is 5.90. The van der Waals surface area contributed by atoms with Crippen LogP contribution in [-0.4, -0.2) is 50.5 Å². The second-order valence-corrected chi connectivity index (χ2v) is 6.48. The molecule has 0 amide bonds. The van der Waals surface area contributed by atoms with E-state index in [9.17, 15) is 0 Å². The standard InChI is InChI=1S/C20H31NO3/c1-5-8-18-9-10-19(20(13-18)22-4)23-12-7-6-11-21-14-16(2)24-17(3)15-21/h5,8-10,13,16-17H,6-7,11-12,14-15H2,1-4H3. The van der Waals surface area contributed by atoms with Gasteiger partial charge in [-0.3, -0.25) is 4.90 Å². The van der Waals surface area contributed by atoms with E-state index in [1.165, 1.54) is 0 Å². The topological polar surface area (TPSA) is 30.9 Å². The largest absolute Gasteiger partial charge is 0.493 e. The Morgan fingerprint density at radius 1 is 1.17 bits per heavy atom. The molecule has 1 aromatic carbocycles. The summed E-state index contributed by atoms with van der Waals surface area (Å²) < 4.78 is 17.1. The van der Waals surface area contributed by atoms with Crippen molar-refractivity contribution in [2.24, 2.45) is 0 Å². The van der Waals surface area contributed by atoms with Gasteiger partial charge < -0.3 is 14.2 Å². The fraction of sp³-hybridized carbons (Fsp3) is 0.600. The van der Waals surface area contributed by atoms with Crippen LogP contribution in [0.15, 0.2) is 24.3 Å². The summed E-state index contributed by atoms with van der Waals surface area (Å²) in [5.74, 6) is 1.61. The minimum Gasteiger partial charge on any atom is -0.493 e. The maximum atomic E-state index is 5.90. The predicted molar refractivity (Wildman–Crippen MR) is 98.9 cm³/mol. The first-order valence-electron chi connectivity index (χ1n) is 8.93. The van der Waals surface area contributed by atoms with Crippen LogP contribution in [0.5, 0.6) is 11.5 Å². The number of morpholine rings is 1. The van der Waals surface area contributed by atoms with E-state index in [-0.39, 0.29) is 0 Å². The van der Waals surface area contributed by atoms with Crippen molar-refractivity contribution in [3.63, 3.8) is 0 Å². The molecule has 0 saturated carbocycles. The van der Waals surface area contributed by atoms with E-state index < -0.39 is 0 Å². The molecule has 1 aromatic rings. The zero-order chi connectivity index (χ0) is 17.4. The fourth-order valence-electron chi connectivity index (χ4n) is 3.19. The van der Waals surface area contributed by atoms with Gasteiger partial charge in [0.25, 0.3) is 0 Å². The number of ether oxygens (including phenoxy) is 3. The van der Waals surface area contributed by atoms with E-state index in [0.717, 1.165) is 56.1 Å². The summed E-state index contributed by atoms with van der Waals surface area (Å²) in [6.07, 6.45) is 6.92. The van der Waals surface area contributed by atoms with E-state index in [1.807, 2.05) is 31.2 Å². The van der Waals surface area contributed by atoms with Gasteiger partial charge in [0.15, 0.2) is 11.5 Å². The first kappa shape index (κ1) is 18.8. The molecule has 1 fully saturated rings. The third-order valence-electron chi connectivity index (χ3n) is 4.17. The van der Waals surface area contributed by atoms with Crippen LogP contribution >= 0.6 is 0 Å². The van der Waals surface area contributed by atoms with Gasteiger partial charge in [-0.15, -0.1) is 0 Å². The van der Waals surface area contributed by atoms with Gasteiger partial charge in [0, 0.05) is 13.1 Å². The third kappa shape index (κ3) is 5.84. The van der Waals surface area contributed by atoms with Gasteiger partial charge in [0.2, 0.25) is 0 Å². The van der Waals surface area contributed by atoms with Crippen LogP contribution in [0, 0.1) is 0 Å². The molecule has 2 unspecified atom stereocenters. The number of benzene rings is 1. The van der Waals surface area contributed by atoms with Gasteiger partial charge in [-0.05, 0) is 57.9 Å². The van der Waals surface area contributed by atoms with E-state index in [1.54, 1.807) is 7.11 Å². The summed E-state index contributed by atoms with van der Waals surface area (Å²) >= 11 is 0. The average molecular weight is 333 g/mol. The van der Waals surface area contributed by atoms with Gasteiger partial charge in [-0.25, -0.2) is 0 Å². The van der Waals surface area contributed by atoms with Crippen molar-refractivity contribution in [1.29, 1.82) is 0 Å². The third-order valence-corrected chi connectivity index (χ3v) is 4.17. The lowest BCUT2D eigenvalue weighted by Gasteiger charge is -2.35. The van der Waals surface area contributed by atoms with Gasteiger partial charge >= 0.3 is 0 Å². The van der Waals surface area contributed by atoms with Crippen molar-refractivity contribution in [3.8, 4) is 11.5 Å². The van der Waals surface area contributed by atoms with Gasteiger partial charge in [-0.1, -0.05) is 18.2 Å². The molecule has 0 radical (unpaired) electrons. The Balaban J connectivity index is 1.72. The first-order valence-corrected chi connectivity index (χ1v) is 8.93. The molecule has 1 aliphatic heterocycles. The van der Waals surface area contributed by atoms with Crippen LogP contribution in [0.2, 0.25) is 0 Å². The number of hydrogen-bond donors (Lipinski definition) is 0. The number of unbranched alkanes of at least 4 members (excludes halogenated alkanes) is 1. The summed E-state index contributed by atoms with van der Waals surface area (Å²) in [6, 6.07) is 6.04. The van der Waals surface area contributed by atoms with Crippen molar-refractivity contribution in [2.75, 3.05) is 33.4 Å². The first-order chi connectivity index (χ1) is 11.6. The summed E-state index contributed by atoms with van der Waals surface area (Å²) in [5.41, 5.74) is 1.12. The highest BCUT2D eigenvalue weighted by Gasteiger charge is 2.21. The molecule has 0 bridgehead atoms. The molecule has 0 aromatic heterocycles. The Bertz CT molecular complexity index is 520. The quantitative estimate of drug-likeness (QED) is 0.673. The highest BCUT2D eigenvalue weighted by atomic mass is 16.5. The highest BCUT2D eigenvalue weighted by molar-refractivity contribution is 5.55. The van der Waals surface area contributed by atoms with E-state index in [4.69, 9.17) is 14.2 Å². The summed E-state index contributed by atoms with van der Waals surface area (Å²) in [7, 11) is 1.68. The lowest BCUT2D eigenvalue weighted by Crippen LogP contribution is -2.45. The Labute approximate surface area is 146 Å². The van der Waals surface area contributed by atoms with Crippen molar-refractivity contribution in [2.45, 2.75) is 45.8 Å². The summed E-state index contributed by atoms with van der Waals surface area (Å²) in [4.78, 5) is 2.49. The fourth-order valence-corrected chi connectivity index (χ4v) is 3.19. The van der Waals surface area contributed by atoms with Crippen molar-refractivity contribution in [3.05, 3.63) is 29.8 Å². The predicted octanol–water partition coefficient (Wildman–Crippen LogP) is 4.00. The van der Waals surface area contributed by atoms with E-state index >= 15 is 0 Å². The Hall–Kier alpha value is -1.52. The molecule has 0 spiro atoms. The van der Waals surface area contributed by atoms with Crippen LogP contribution in [0.3, 0.4) is 0 Å². The minimum atomic E-state index is 0.338. The molecule has 2 atom stereocenters. The van der Waals surface area contributed by atoms with Crippen molar-refractivity contribution < 1.29 is 14.2 Å². The molecule has 4 heteroatoms. The SMILES string of the molecule is CC=Cc1ccc(OCCCCN2CC(C)OC(C)C2)c(OC)c1. The summed E-state index contributed by atoms with van der Waals surface area (Å²) in [6.45, 7) is 10.2. The smallest absolute Gasteiger partial charge is 0.161 e. The zero-order valence-corrected chi connectivity index (χ0v) is 15.5. The Morgan fingerprint density at radius 3 is 2.58 bits per heavy atom. The van der Waals surface area contributed by atoms with Crippen LogP contribution in [0.25, 0.3) is 6.08 Å². The average Bonchev–Trinajstić information content (AvgIpc) is 2.55. The molecule has 1 heterocycles. The summed E-state index contributed by atoms with van der Waals surface area (Å²) in [5, 5.41) is 0. The van der Waals surface area contributed by atoms with Gasteiger partial charge in [0.1, 0.15) is 0 Å². The second-order valence-electron chi connectivity index (χ2n) is 6.48. The molecule has 4 nitrogen and oxygen atoms in total. The zero-order valence-electron chi connectivity index (χ0n) is 15.5. The molecule has 2 rings (SSSR count). The van der Waals surface area contributed by atoms with Crippen LogP contribution < -0.4 is 9.47 Å². The molecule has 1 saturated heterocycles. The van der Waals surface area contributed by atoms with Crippen LogP contribution in [-0.2, 0) is 4.74 Å². The minimum absolute atomic E-state index is 0.338. The van der Waals surface area contributed by atoms with Crippen molar-refractivity contribution >= 4 is 6.08 Å². The molecule has 0 N–H and O–H groups in total. The van der Waals surface area contributed by atoms with Crippen LogP contribution in [0.4, 0.5) is 0 Å². The number of nitrogens with zero attached hydrogens (tertiary/aromatic N) is 1. The van der Waals surface area contributed by atoms with Gasteiger partial charge in [0.05, 0.1) is 25.9 Å². The van der Waals surface area contributed by atoms with E-state index in [0.29, 0.717) is 12.2 Å². The molecule has 1 aliphatic rings. The maximum Gasteiger partial charge on any atom is 0.161 e. The molecule has 0 aliphatic carbocycles. The highest BCUT2D eigenvalue weighted by Crippen LogP contribution is 2.28. The molecular weight excluding hydrogens is 302 g/mol. The second kappa shape index (κ2) is 9.70. The normalized spacial score (nSPS) is 22.0. The van der Waals surface area contributed by atoms with E-state index in [2.05, 4.69) is 24.8 Å². The lowest BCUT2D eigenvalue weighted by atomic mass is 10.2. The van der Waals surface area contributed by atoms with Gasteiger partial charge in [-0.2, -0.15) is 0 Å². The molecular formula is C20H31NO3. The monoisotopic (exact) mass is 333 g/mol. The number of rotatable bonds is 8. The number of hydrogen-bond acceptors (Lipinski definition) is 4. The molecule has 134 valence electrons.